The Bertz CT molecular complexity index is 535. The van der Waals surface area contributed by atoms with Crippen molar-refractivity contribution in [2.45, 2.75) is 29.1 Å². The van der Waals surface area contributed by atoms with Gasteiger partial charge in [-0.15, -0.1) is 0 Å². The number of carbonyl (C=O) groups excluding carboxylic acids is 1. The van der Waals surface area contributed by atoms with Crippen LogP contribution in [0, 0.1) is 0 Å². The van der Waals surface area contributed by atoms with Crippen molar-refractivity contribution in [3.8, 4) is 0 Å². The number of benzene rings is 1. The number of rotatable bonds is 1. The third-order valence-electron chi connectivity index (χ3n) is 4.66. The van der Waals surface area contributed by atoms with Crippen LogP contribution >= 0.6 is 11.6 Å². The Morgan fingerprint density at radius 1 is 1.21 bits per heavy atom. The lowest BCUT2D eigenvalue weighted by Crippen LogP contribution is -2.65. The summed E-state index contributed by atoms with van der Waals surface area (Å²) < 4.78 is 0. The summed E-state index contributed by atoms with van der Waals surface area (Å²) in [4.78, 5) is 12.7. The molecule has 0 spiro atoms. The Hall–Kier alpha value is -0.705. The summed E-state index contributed by atoms with van der Waals surface area (Å²) in [7, 11) is 5.32. The van der Waals surface area contributed by atoms with Crippen LogP contribution in [-0.2, 0) is 10.3 Å². The van der Waals surface area contributed by atoms with E-state index in [9.17, 15) is 9.90 Å². The van der Waals surface area contributed by atoms with Crippen LogP contribution in [0.5, 0.6) is 0 Å². The second kappa shape index (κ2) is 4.40. The Labute approximate surface area is 121 Å². The molecule has 0 amide bonds. The molecule has 3 N–H and O–H groups in total. The van der Waals surface area contributed by atoms with Crippen LogP contribution in [0.3, 0.4) is 0 Å². The first kappa shape index (κ1) is 14.7. The summed E-state index contributed by atoms with van der Waals surface area (Å²) in [6.07, 6.45) is 1.15. The maximum atomic E-state index is 12.7. The molecule has 2 atom stereocenters. The molecule has 0 heterocycles. The van der Waals surface area contributed by atoms with Crippen molar-refractivity contribution in [2.75, 3.05) is 0 Å². The molecule has 2 rings (SSSR count). The van der Waals surface area contributed by atoms with Crippen molar-refractivity contribution < 1.29 is 9.90 Å². The molecule has 19 heavy (non-hydrogen) atoms. The highest BCUT2D eigenvalue weighted by molar-refractivity contribution is 6.50. The molecule has 1 saturated carbocycles. The van der Waals surface area contributed by atoms with Crippen molar-refractivity contribution >= 4 is 40.9 Å². The lowest BCUT2D eigenvalue weighted by Gasteiger charge is -2.50. The Balaban J connectivity index is 2.53. The van der Waals surface area contributed by atoms with Gasteiger partial charge >= 0.3 is 0 Å². The van der Waals surface area contributed by atoms with E-state index in [1.165, 1.54) is 0 Å². The molecule has 1 fully saturated rings. The minimum Gasteiger partial charge on any atom is -0.392 e. The molecular weight excluding hydrogens is 258 g/mol. The van der Waals surface area contributed by atoms with Crippen molar-refractivity contribution in [3.63, 3.8) is 0 Å². The molecule has 1 aliphatic rings. The zero-order valence-electron chi connectivity index (χ0n) is 11.5. The minimum atomic E-state index is -1.46. The average Bonchev–Trinajstić information content (AvgIpc) is 2.34. The zero-order valence-corrected chi connectivity index (χ0v) is 12.3. The molecule has 7 heteroatoms. The van der Waals surface area contributed by atoms with Crippen LogP contribution in [0.25, 0.3) is 0 Å². The van der Waals surface area contributed by atoms with Gasteiger partial charge in [0.1, 0.15) is 21.2 Å². The number of nitrogens with two attached hydrogens (primary N) is 1. The van der Waals surface area contributed by atoms with Gasteiger partial charge in [0, 0.05) is 5.02 Å². The van der Waals surface area contributed by atoms with E-state index in [0.717, 1.165) is 0 Å². The molecule has 1 aromatic carbocycles. The number of ketones is 1. The summed E-state index contributed by atoms with van der Waals surface area (Å²) in [6, 6.07) is 7.07. The minimum absolute atomic E-state index is 0.357. The molecule has 3 nitrogen and oxygen atoms in total. The summed E-state index contributed by atoms with van der Waals surface area (Å²) in [5, 5.41) is 10.6. The monoisotopic (exact) mass is 275 g/mol. The number of halogens is 1. The Morgan fingerprint density at radius 2 is 1.79 bits per heavy atom. The molecule has 1 aliphatic carbocycles. The first-order chi connectivity index (χ1) is 8.63. The maximum Gasteiger partial charge on any atom is 0.178 e. The fourth-order valence-electron chi connectivity index (χ4n) is 2.69. The first-order valence-corrected chi connectivity index (χ1v) is 6.82. The number of hydrogen-bond acceptors (Lipinski definition) is 3. The highest BCUT2D eigenvalue weighted by atomic mass is 35.5. The average molecular weight is 275 g/mol. The molecular formula is C12H17B3ClNO2. The van der Waals surface area contributed by atoms with Crippen molar-refractivity contribution in [1.29, 1.82) is 0 Å². The third kappa shape index (κ3) is 2.06. The Kier molecular flexibility index (Phi) is 3.41. The molecule has 0 saturated heterocycles. The van der Waals surface area contributed by atoms with Crippen LogP contribution < -0.4 is 5.73 Å². The summed E-state index contributed by atoms with van der Waals surface area (Å²) in [6.45, 7) is 0. The molecule has 0 bridgehead atoms. The van der Waals surface area contributed by atoms with Crippen molar-refractivity contribution in [1.82, 2.24) is 0 Å². The van der Waals surface area contributed by atoms with E-state index < -0.39 is 16.3 Å². The smallest absolute Gasteiger partial charge is 0.178 e. The lowest BCUT2D eigenvalue weighted by molar-refractivity contribution is -0.141. The van der Waals surface area contributed by atoms with E-state index in [1.54, 1.807) is 32.1 Å². The van der Waals surface area contributed by atoms with Gasteiger partial charge in [-0.05, 0) is 18.1 Å². The number of carbonyl (C=O) groups is 1. The van der Waals surface area contributed by atoms with E-state index in [2.05, 4.69) is 0 Å². The molecule has 0 aromatic heterocycles. The third-order valence-corrected chi connectivity index (χ3v) is 4.99. The largest absolute Gasteiger partial charge is 0.392 e. The number of hydrogen-bond donors (Lipinski definition) is 2. The van der Waals surface area contributed by atoms with Gasteiger partial charge in [-0.1, -0.05) is 41.4 Å². The predicted molar refractivity (Wildman–Crippen MR) is 84.8 cm³/mol. The fourth-order valence-corrected chi connectivity index (χ4v) is 2.99. The second-order valence-electron chi connectivity index (χ2n) is 6.24. The van der Waals surface area contributed by atoms with Gasteiger partial charge < -0.3 is 10.8 Å². The predicted octanol–water partition coefficient (Wildman–Crippen LogP) is -1.44. The topological polar surface area (TPSA) is 63.3 Å². The number of aliphatic hydroxyl groups is 1. The van der Waals surface area contributed by atoms with Crippen molar-refractivity contribution in [2.24, 2.45) is 5.73 Å². The molecule has 0 radical (unpaired) electrons. The summed E-state index contributed by atoms with van der Waals surface area (Å²) in [5.74, 6) is -0.357. The van der Waals surface area contributed by atoms with Gasteiger partial charge in [0.2, 0.25) is 0 Å². The van der Waals surface area contributed by atoms with E-state index in [0.29, 0.717) is 23.4 Å². The number of Topliss-reactive ketones (excluding diaryl/α,β-unsaturated/α-hetero) is 1. The standard InChI is InChI=1S/C12H17B3ClNO2/c13-11(14)6-5-10(17,9(18)12(11,15)19)7-3-1-2-4-8(7)16/h1-4,19H,5-6,13-15,17H2. The van der Waals surface area contributed by atoms with E-state index in [4.69, 9.17) is 17.3 Å². The molecule has 0 aliphatic heterocycles. The second-order valence-corrected chi connectivity index (χ2v) is 6.64. The van der Waals surface area contributed by atoms with Crippen LogP contribution in [0.15, 0.2) is 24.3 Å². The highest BCUT2D eigenvalue weighted by Gasteiger charge is 2.57. The van der Waals surface area contributed by atoms with Gasteiger partial charge in [0.25, 0.3) is 0 Å². The van der Waals surface area contributed by atoms with Crippen LogP contribution in [0.2, 0.25) is 10.2 Å². The summed E-state index contributed by atoms with van der Waals surface area (Å²) >= 11 is 6.16. The Morgan fingerprint density at radius 3 is 2.37 bits per heavy atom. The van der Waals surface area contributed by atoms with Gasteiger partial charge in [-0.2, -0.15) is 0 Å². The van der Waals surface area contributed by atoms with E-state index >= 15 is 0 Å². The SMILES string of the molecule is BC1(B)CCC(N)(c2ccccc2Cl)C(=O)C1(B)O. The van der Waals surface area contributed by atoms with E-state index in [-0.39, 0.29) is 5.78 Å². The van der Waals surface area contributed by atoms with Crippen molar-refractivity contribution in [3.05, 3.63) is 34.9 Å². The van der Waals surface area contributed by atoms with Crippen LogP contribution in [0.4, 0.5) is 0 Å². The van der Waals surface area contributed by atoms with Gasteiger partial charge in [-0.3, -0.25) is 4.79 Å². The van der Waals surface area contributed by atoms with Gasteiger partial charge in [0.15, 0.2) is 13.6 Å². The maximum absolute atomic E-state index is 12.7. The quantitative estimate of drug-likeness (QED) is 0.617. The van der Waals surface area contributed by atoms with Gasteiger partial charge in [0.05, 0.1) is 5.50 Å². The zero-order chi connectivity index (χ0) is 14.5. The molecule has 1 aromatic rings. The van der Waals surface area contributed by atoms with E-state index in [1.807, 2.05) is 15.7 Å². The summed E-state index contributed by atoms with van der Waals surface area (Å²) in [5.41, 5.74) is 4.25. The lowest BCUT2D eigenvalue weighted by atomic mass is 9.35. The fraction of sp³-hybridized carbons (Fsp3) is 0.417. The highest BCUT2D eigenvalue weighted by Crippen LogP contribution is 2.48. The normalized spacial score (nSPS) is 34.2. The first-order valence-electron chi connectivity index (χ1n) is 6.44. The van der Waals surface area contributed by atoms with Crippen LogP contribution in [-0.4, -0.2) is 39.9 Å². The van der Waals surface area contributed by atoms with Crippen LogP contribution in [0.1, 0.15) is 18.4 Å². The molecule has 98 valence electrons. The molecule has 2 unspecified atom stereocenters. The van der Waals surface area contributed by atoms with Gasteiger partial charge in [-0.25, -0.2) is 0 Å².